The molecule has 2 nitrogen and oxygen atoms in total. The van der Waals surface area contributed by atoms with Crippen LogP contribution in [0.25, 0.3) is 0 Å². The highest BCUT2D eigenvalue weighted by molar-refractivity contribution is 9.11. The van der Waals surface area contributed by atoms with E-state index in [2.05, 4.69) is 31.9 Å². The molecule has 0 aliphatic heterocycles. The molecule has 0 atom stereocenters. The van der Waals surface area contributed by atoms with Gasteiger partial charge in [-0.15, -0.1) is 0 Å². The van der Waals surface area contributed by atoms with Crippen LogP contribution < -0.4 is 4.74 Å². The molecule has 0 amide bonds. The van der Waals surface area contributed by atoms with Crippen molar-refractivity contribution in [1.29, 1.82) is 0 Å². The van der Waals surface area contributed by atoms with Gasteiger partial charge in [0.15, 0.2) is 0 Å². The molecule has 2 aromatic carbocycles. The summed E-state index contributed by atoms with van der Waals surface area (Å²) >= 11 is 18.2. The second-order valence-electron chi connectivity index (χ2n) is 3.92. The lowest BCUT2D eigenvalue weighted by molar-refractivity contribution is 0.108. The fourth-order valence-corrected chi connectivity index (χ4v) is 3.29. The van der Waals surface area contributed by atoms with Crippen LogP contribution in [0.4, 0.5) is 0 Å². The molecule has 0 saturated heterocycles. The number of ether oxygens (including phenoxy) is 1. The number of carbonyl (C=O) groups is 1. The Morgan fingerprint density at radius 3 is 2.30 bits per heavy atom. The van der Waals surface area contributed by atoms with E-state index in [1.54, 1.807) is 18.2 Å². The van der Waals surface area contributed by atoms with Crippen LogP contribution in [0, 0.1) is 0 Å². The summed E-state index contributed by atoms with van der Waals surface area (Å²) in [5.41, 5.74) is 1.26. The maximum absolute atomic E-state index is 11.2. The summed E-state index contributed by atoms with van der Waals surface area (Å²) in [6.07, 6.45) is 0. The van der Waals surface area contributed by atoms with Crippen molar-refractivity contribution < 1.29 is 9.53 Å². The van der Waals surface area contributed by atoms with Crippen molar-refractivity contribution in [2.45, 2.75) is 6.61 Å². The third-order valence-electron chi connectivity index (χ3n) is 2.56. The molecule has 0 unspecified atom stereocenters. The van der Waals surface area contributed by atoms with Crippen molar-refractivity contribution in [3.05, 3.63) is 61.5 Å². The van der Waals surface area contributed by atoms with Crippen LogP contribution in [-0.2, 0) is 6.61 Å². The van der Waals surface area contributed by atoms with Gasteiger partial charge < -0.3 is 4.74 Å². The highest BCUT2D eigenvalue weighted by Gasteiger charge is 2.13. The quantitative estimate of drug-likeness (QED) is 0.562. The number of hydrogen-bond donors (Lipinski definition) is 0. The number of rotatable bonds is 4. The van der Waals surface area contributed by atoms with Crippen molar-refractivity contribution >= 4 is 60.3 Å². The van der Waals surface area contributed by atoms with Gasteiger partial charge in [0.25, 0.3) is 5.24 Å². The maximum Gasteiger partial charge on any atom is 0.252 e. The standard InChI is InChI=1S/C14H8Br2Cl2O2/c15-10-5-9(14(18)19)6-11(16)13(10)20-7-8-3-1-2-4-12(8)17/h1-6H,7H2. The number of carbonyl (C=O) groups excluding carboxylic acids is 1. The zero-order valence-electron chi connectivity index (χ0n) is 10.00. The normalized spacial score (nSPS) is 10.4. The van der Waals surface area contributed by atoms with Gasteiger partial charge in [0.1, 0.15) is 12.4 Å². The van der Waals surface area contributed by atoms with Gasteiger partial charge in [0.2, 0.25) is 0 Å². The molecule has 0 heterocycles. The average Bonchev–Trinajstić information content (AvgIpc) is 2.39. The van der Waals surface area contributed by atoms with E-state index in [1.165, 1.54) is 0 Å². The molecule has 0 fully saturated rings. The monoisotopic (exact) mass is 436 g/mol. The minimum absolute atomic E-state index is 0.324. The Bertz CT molecular complexity index is 636. The zero-order valence-corrected chi connectivity index (χ0v) is 14.7. The average molecular weight is 439 g/mol. The third kappa shape index (κ3) is 3.76. The summed E-state index contributed by atoms with van der Waals surface area (Å²) in [4.78, 5) is 11.2. The van der Waals surface area contributed by atoms with Crippen LogP contribution in [-0.4, -0.2) is 5.24 Å². The molecular weight excluding hydrogens is 431 g/mol. The molecule has 0 bridgehead atoms. The summed E-state index contributed by atoms with van der Waals surface area (Å²) in [5.74, 6) is 0.589. The van der Waals surface area contributed by atoms with Gasteiger partial charge in [-0.25, -0.2) is 0 Å². The molecule has 0 saturated carbocycles. The Morgan fingerprint density at radius 2 is 1.75 bits per heavy atom. The van der Waals surface area contributed by atoms with Crippen LogP contribution in [0.1, 0.15) is 15.9 Å². The summed E-state index contributed by atoms with van der Waals surface area (Å²) in [5, 5.41) is 0.122. The molecule has 0 N–H and O–H groups in total. The first-order chi connectivity index (χ1) is 9.49. The molecule has 2 aromatic rings. The van der Waals surface area contributed by atoms with E-state index in [0.29, 0.717) is 31.9 Å². The predicted molar refractivity (Wildman–Crippen MR) is 87.8 cm³/mol. The molecule has 2 rings (SSSR count). The Kier molecular flexibility index (Phi) is 5.49. The summed E-state index contributed by atoms with van der Waals surface area (Å²) in [6.45, 7) is 0.324. The molecule has 0 aromatic heterocycles. The van der Waals surface area contributed by atoms with Gasteiger partial charge in [0, 0.05) is 16.1 Å². The Labute approximate surface area is 143 Å². The molecule has 20 heavy (non-hydrogen) atoms. The van der Waals surface area contributed by atoms with E-state index >= 15 is 0 Å². The van der Waals surface area contributed by atoms with Crippen molar-refractivity contribution in [2.75, 3.05) is 0 Å². The van der Waals surface area contributed by atoms with Gasteiger partial charge in [-0.05, 0) is 61.7 Å². The Hall–Kier alpha value is -0.550. The van der Waals surface area contributed by atoms with Crippen molar-refractivity contribution in [3.8, 4) is 5.75 Å². The molecule has 0 aliphatic carbocycles. The van der Waals surface area contributed by atoms with Crippen LogP contribution in [0.2, 0.25) is 5.02 Å². The largest absolute Gasteiger partial charge is 0.486 e. The first-order valence-corrected chi connectivity index (χ1v) is 7.88. The second kappa shape index (κ2) is 6.94. The fourth-order valence-electron chi connectivity index (χ4n) is 1.58. The predicted octanol–water partition coefficient (Wildman–Crippen LogP) is 5.82. The summed E-state index contributed by atoms with van der Waals surface area (Å²) in [7, 11) is 0. The van der Waals surface area contributed by atoms with E-state index in [0.717, 1.165) is 5.56 Å². The van der Waals surface area contributed by atoms with Crippen molar-refractivity contribution in [1.82, 2.24) is 0 Å². The van der Waals surface area contributed by atoms with E-state index in [4.69, 9.17) is 27.9 Å². The van der Waals surface area contributed by atoms with E-state index in [9.17, 15) is 4.79 Å². The number of halogens is 4. The van der Waals surface area contributed by atoms with Crippen molar-refractivity contribution in [3.63, 3.8) is 0 Å². The lowest BCUT2D eigenvalue weighted by Gasteiger charge is -2.12. The summed E-state index contributed by atoms with van der Waals surface area (Å²) in [6, 6.07) is 10.7. The highest BCUT2D eigenvalue weighted by Crippen LogP contribution is 2.36. The van der Waals surface area contributed by atoms with Crippen LogP contribution in [0.3, 0.4) is 0 Å². The Balaban J connectivity index is 2.22. The first kappa shape index (κ1) is 15.8. The first-order valence-electron chi connectivity index (χ1n) is 5.54. The minimum atomic E-state index is -0.524. The second-order valence-corrected chi connectivity index (χ2v) is 6.38. The van der Waals surface area contributed by atoms with Crippen LogP contribution in [0.15, 0.2) is 45.3 Å². The topological polar surface area (TPSA) is 26.3 Å². The van der Waals surface area contributed by atoms with Gasteiger partial charge in [-0.2, -0.15) is 0 Å². The minimum Gasteiger partial charge on any atom is -0.486 e. The number of benzene rings is 2. The van der Waals surface area contributed by atoms with Crippen molar-refractivity contribution in [2.24, 2.45) is 0 Å². The number of hydrogen-bond acceptors (Lipinski definition) is 2. The molecular formula is C14H8Br2Cl2O2. The molecule has 104 valence electrons. The third-order valence-corrected chi connectivity index (χ3v) is 4.32. The maximum atomic E-state index is 11.2. The van der Waals surface area contributed by atoms with Crippen LogP contribution >= 0.6 is 55.1 Å². The van der Waals surface area contributed by atoms with Gasteiger partial charge in [0.05, 0.1) is 8.95 Å². The van der Waals surface area contributed by atoms with Gasteiger partial charge in [-0.1, -0.05) is 29.8 Å². The van der Waals surface area contributed by atoms with E-state index in [1.807, 2.05) is 18.2 Å². The smallest absolute Gasteiger partial charge is 0.252 e. The Morgan fingerprint density at radius 1 is 1.15 bits per heavy atom. The lowest BCUT2D eigenvalue weighted by Crippen LogP contribution is -1.99. The molecule has 0 radical (unpaired) electrons. The van der Waals surface area contributed by atoms with E-state index in [-0.39, 0.29) is 0 Å². The van der Waals surface area contributed by atoms with E-state index < -0.39 is 5.24 Å². The lowest BCUT2D eigenvalue weighted by atomic mass is 10.2. The molecule has 6 heteroatoms. The highest BCUT2D eigenvalue weighted by atomic mass is 79.9. The van der Waals surface area contributed by atoms with Gasteiger partial charge in [-0.3, -0.25) is 4.79 Å². The summed E-state index contributed by atoms with van der Waals surface area (Å²) < 4.78 is 7.02. The molecule has 0 aliphatic rings. The molecule has 0 spiro atoms. The SMILES string of the molecule is O=C(Cl)c1cc(Br)c(OCc2ccccc2Cl)c(Br)c1. The zero-order chi connectivity index (χ0) is 14.7. The fraction of sp³-hybridized carbons (Fsp3) is 0.0714. The van der Waals surface area contributed by atoms with Crippen LogP contribution in [0.5, 0.6) is 5.75 Å². The van der Waals surface area contributed by atoms with Gasteiger partial charge >= 0.3 is 0 Å².